The van der Waals surface area contributed by atoms with E-state index in [0.717, 1.165) is 17.1 Å². The standard InChI is InChI=1S/C15H25NO4/c1-2-13-3-5-15(6-4-13)20-12-14(19)11-16(7-9-17)8-10-18/h3-6,14,17-19H,2,7-12H2,1H3/p+1/t14-/m0/s1. The van der Waals surface area contributed by atoms with Crippen LogP contribution in [0.15, 0.2) is 24.3 Å². The van der Waals surface area contributed by atoms with Gasteiger partial charge in [-0.25, -0.2) is 0 Å². The predicted molar refractivity (Wildman–Crippen MR) is 77.1 cm³/mol. The average molecular weight is 284 g/mol. The van der Waals surface area contributed by atoms with Crippen molar-refractivity contribution in [3.8, 4) is 5.75 Å². The molecule has 5 heteroatoms. The normalized spacial score (nSPS) is 12.7. The molecule has 0 aromatic heterocycles. The molecule has 0 heterocycles. The third-order valence-electron chi connectivity index (χ3n) is 3.23. The summed E-state index contributed by atoms with van der Waals surface area (Å²) in [5, 5.41) is 27.8. The third-order valence-corrected chi connectivity index (χ3v) is 3.23. The van der Waals surface area contributed by atoms with Crippen molar-refractivity contribution in [2.24, 2.45) is 0 Å². The van der Waals surface area contributed by atoms with Crippen LogP contribution in [0.25, 0.3) is 0 Å². The summed E-state index contributed by atoms with van der Waals surface area (Å²) in [7, 11) is 0. The van der Waals surface area contributed by atoms with Crippen molar-refractivity contribution in [3.63, 3.8) is 0 Å². The number of aliphatic hydroxyl groups excluding tert-OH is 3. The van der Waals surface area contributed by atoms with Gasteiger partial charge < -0.3 is 25.0 Å². The van der Waals surface area contributed by atoms with E-state index in [4.69, 9.17) is 14.9 Å². The number of aliphatic hydroxyl groups is 3. The molecule has 0 aliphatic heterocycles. The van der Waals surface area contributed by atoms with Crippen molar-refractivity contribution in [2.45, 2.75) is 19.4 Å². The first-order chi connectivity index (χ1) is 9.69. The molecule has 1 atom stereocenters. The highest BCUT2D eigenvalue weighted by Gasteiger charge is 2.14. The second-order valence-corrected chi connectivity index (χ2v) is 4.86. The first kappa shape index (κ1) is 16.9. The minimum atomic E-state index is -0.617. The fourth-order valence-corrected chi connectivity index (χ4v) is 2.05. The van der Waals surface area contributed by atoms with Crippen LogP contribution >= 0.6 is 0 Å². The first-order valence-corrected chi connectivity index (χ1v) is 7.14. The molecule has 0 unspecified atom stereocenters. The summed E-state index contributed by atoms with van der Waals surface area (Å²) in [6.07, 6.45) is 0.373. The van der Waals surface area contributed by atoms with E-state index in [1.165, 1.54) is 5.56 Å². The fraction of sp³-hybridized carbons (Fsp3) is 0.600. The summed E-state index contributed by atoms with van der Waals surface area (Å²) in [5.41, 5.74) is 1.25. The lowest BCUT2D eigenvalue weighted by molar-refractivity contribution is -0.903. The van der Waals surface area contributed by atoms with Crippen LogP contribution in [0, 0.1) is 0 Å². The van der Waals surface area contributed by atoms with E-state index in [9.17, 15) is 5.11 Å². The van der Waals surface area contributed by atoms with Gasteiger partial charge in [0.1, 0.15) is 38.1 Å². The molecule has 0 spiro atoms. The van der Waals surface area contributed by atoms with Crippen molar-refractivity contribution >= 4 is 0 Å². The van der Waals surface area contributed by atoms with Gasteiger partial charge in [-0.05, 0) is 24.1 Å². The zero-order valence-electron chi connectivity index (χ0n) is 12.1. The van der Waals surface area contributed by atoms with Crippen molar-refractivity contribution in [1.29, 1.82) is 0 Å². The van der Waals surface area contributed by atoms with E-state index in [1.54, 1.807) is 0 Å². The molecule has 0 radical (unpaired) electrons. The minimum Gasteiger partial charge on any atom is -0.491 e. The summed E-state index contributed by atoms with van der Waals surface area (Å²) in [5.74, 6) is 0.743. The summed E-state index contributed by atoms with van der Waals surface area (Å²) < 4.78 is 5.54. The molecule has 1 aromatic carbocycles. The number of aryl methyl sites for hydroxylation is 1. The number of quaternary nitrogens is 1. The maximum Gasteiger partial charge on any atom is 0.137 e. The largest absolute Gasteiger partial charge is 0.491 e. The Morgan fingerprint density at radius 3 is 2.20 bits per heavy atom. The highest BCUT2D eigenvalue weighted by molar-refractivity contribution is 5.27. The van der Waals surface area contributed by atoms with Crippen molar-refractivity contribution < 1.29 is 25.0 Å². The number of hydrogen-bond donors (Lipinski definition) is 4. The van der Waals surface area contributed by atoms with Crippen LogP contribution in [0.4, 0.5) is 0 Å². The molecule has 0 fully saturated rings. The number of ether oxygens (including phenoxy) is 1. The second kappa shape index (κ2) is 9.72. The van der Waals surface area contributed by atoms with Gasteiger partial charge in [-0.1, -0.05) is 19.1 Å². The van der Waals surface area contributed by atoms with E-state index in [0.29, 0.717) is 19.6 Å². The van der Waals surface area contributed by atoms with Gasteiger partial charge in [-0.15, -0.1) is 0 Å². The molecule has 0 aliphatic rings. The highest BCUT2D eigenvalue weighted by Crippen LogP contribution is 2.12. The van der Waals surface area contributed by atoms with Gasteiger partial charge in [0.2, 0.25) is 0 Å². The first-order valence-electron chi connectivity index (χ1n) is 7.14. The zero-order valence-corrected chi connectivity index (χ0v) is 12.1. The van der Waals surface area contributed by atoms with Crippen LogP contribution in [0.2, 0.25) is 0 Å². The van der Waals surface area contributed by atoms with Gasteiger partial charge in [0.15, 0.2) is 0 Å². The van der Waals surface area contributed by atoms with Crippen LogP contribution in [0.5, 0.6) is 5.75 Å². The number of nitrogens with one attached hydrogen (secondary N) is 1. The monoisotopic (exact) mass is 284 g/mol. The SMILES string of the molecule is CCc1ccc(OC[C@@H](O)C[NH+](CCO)CCO)cc1. The Morgan fingerprint density at radius 2 is 1.70 bits per heavy atom. The van der Waals surface area contributed by atoms with Gasteiger partial charge in [-0.2, -0.15) is 0 Å². The molecule has 0 bridgehead atoms. The van der Waals surface area contributed by atoms with Crippen molar-refractivity contribution in [1.82, 2.24) is 0 Å². The molecule has 5 nitrogen and oxygen atoms in total. The molecule has 0 amide bonds. The Hall–Kier alpha value is -1.14. The molecule has 20 heavy (non-hydrogen) atoms. The summed E-state index contributed by atoms with van der Waals surface area (Å²) in [6.45, 7) is 3.88. The van der Waals surface area contributed by atoms with Crippen LogP contribution in [-0.2, 0) is 6.42 Å². The topological polar surface area (TPSA) is 74.4 Å². The average Bonchev–Trinajstić information content (AvgIpc) is 2.46. The van der Waals surface area contributed by atoms with E-state index in [-0.39, 0.29) is 19.8 Å². The Balaban J connectivity index is 2.35. The molecular weight excluding hydrogens is 258 g/mol. The summed E-state index contributed by atoms with van der Waals surface area (Å²) in [6, 6.07) is 7.82. The Morgan fingerprint density at radius 1 is 1.10 bits per heavy atom. The lowest BCUT2D eigenvalue weighted by atomic mass is 10.2. The summed E-state index contributed by atoms with van der Waals surface area (Å²) >= 11 is 0. The van der Waals surface area contributed by atoms with Gasteiger partial charge >= 0.3 is 0 Å². The van der Waals surface area contributed by atoms with Crippen LogP contribution < -0.4 is 9.64 Å². The molecular formula is C15H26NO4+. The van der Waals surface area contributed by atoms with Crippen molar-refractivity contribution in [3.05, 3.63) is 29.8 Å². The van der Waals surface area contributed by atoms with E-state index >= 15 is 0 Å². The smallest absolute Gasteiger partial charge is 0.137 e. The van der Waals surface area contributed by atoms with E-state index in [2.05, 4.69) is 6.92 Å². The molecule has 0 saturated carbocycles. The fourth-order valence-electron chi connectivity index (χ4n) is 2.05. The Labute approximate surface area is 120 Å². The van der Waals surface area contributed by atoms with Crippen LogP contribution in [-0.4, -0.2) is 60.9 Å². The van der Waals surface area contributed by atoms with E-state index in [1.807, 2.05) is 24.3 Å². The molecule has 114 valence electrons. The Bertz CT molecular complexity index is 349. The second-order valence-electron chi connectivity index (χ2n) is 4.86. The lowest BCUT2D eigenvalue weighted by Gasteiger charge is -2.21. The number of hydrogen-bond acceptors (Lipinski definition) is 4. The van der Waals surface area contributed by atoms with Crippen molar-refractivity contribution in [2.75, 3.05) is 39.5 Å². The lowest BCUT2D eigenvalue weighted by Crippen LogP contribution is -3.14. The quantitative estimate of drug-likeness (QED) is 0.438. The zero-order chi connectivity index (χ0) is 14.8. The molecule has 1 rings (SSSR count). The molecule has 1 aromatic rings. The van der Waals surface area contributed by atoms with Gasteiger partial charge in [0.25, 0.3) is 0 Å². The van der Waals surface area contributed by atoms with Crippen LogP contribution in [0.1, 0.15) is 12.5 Å². The van der Waals surface area contributed by atoms with Crippen LogP contribution in [0.3, 0.4) is 0 Å². The molecule has 0 aliphatic carbocycles. The van der Waals surface area contributed by atoms with Gasteiger partial charge in [0, 0.05) is 0 Å². The van der Waals surface area contributed by atoms with Gasteiger partial charge in [-0.3, -0.25) is 0 Å². The highest BCUT2D eigenvalue weighted by atomic mass is 16.5. The minimum absolute atomic E-state index is 0.0430. The summed E-state index contributed by atoms with van der Waals surface area (Å²) in [4.78, 5) is 0.965. The van der Waals surface area contributed by atoms with Gasteiger partial charge in [0.05, 0.1) is 13.2 Å². The van der Waals surface area contributed by atoms with E-state index < -0.39 is 6.10 Å². The third kappa shape index (κ3) is 6.34. The predicted octanol–water partition coefficient (Wildman–Crippen LogP) is -1.14. The molecule has 0 saturated heterocycles. The number of benzene rings is 1. The maximum atomic E-state index is 9.93. The Kier molecular flexibility index (Phi) is 8.22. The number of rotatable bonds is 10. The maximum absolute atomic E-state index is 9.93. The molecule has 4 N–H and O–H groups in total.